The molecular weight excluding hydrogens is 469 g/mol. The van der Waals surface area contributed by atoms with E-state index in [1.165, 1.54) is 29.8 Å². The number of ether oxygens (including phenoxy) is 2. The zero-order valence-corrected chi connectivity index (χ0v) is 19.3. The van der Waals surface area contributed by atoms with Crippen LogP contribution in [0.1, 0.15) is 11.1 Å². The SMILES string of the molecule is COc1cc(/C=C2/SC(=S)N(c3ccccc3)C2=O)cc(Cl)c1OCc1ccccc1F. The molecule has 0 saturated carbocycles. The second-order valence-corrected chi connectivity index (χ2v) is 8.85. The fourth-order valence-electron chi connectivity index (χ4n) is 3.15. The molecule has 0 spiro atoms. The van der Waals surface area contributed by atoms with Gasteiger partial charge >= 0.3 is 0 Å². The third-order valence-corrected chi connectivity index (χ3v) is 6.27. The van der Waals surface area contributed by atoms with Crippen molar-refractivity contribution in [1.82, 2.24) is 0 Å². The van der Waals surface area contributed by atoms with Crippen molar-refractivity contribution in [3.8, 4) is 11.5 Å². The summed E-state index contributed by atoms with van der Waals surface area (Å²) in [5, 5.41) is 0.283. The van der Waals surface area contributed by atoms with Crippen molar-refractivity contribution in [2.24, 2.45) is 0 Å². The van der Waals surface area contributed by atoms with Crippen molar-refractivity contribution in [2.45, 2.75) is 6.61 Å². The number of benzene rings is 3. The summed E-state index contributed by atoms with van der Waals surface area (Å²) in [6.45, 7) is -0.00215. The number of para-hydroxylation sites is 1. The standard InChI is InChI=1S/C24H17ClFNO3S2/c1-29-20-12-15(11-18(25)22(20)30-14-16-7-5-6-10-19(16)26)13-21-23(28)27(24(31)32-21)17-8-3-2-4-9-17/h2-13H,14H2,1H3/b21-13+. The highest BCUT2D eigenvalue weighted by Crippen LogP contribution is 2.40. The molecule has 1 saturated heterocycles. The van der Waals surface area contributed by atoms with Crippen LogP contribution in [0.3, 0.4) is 0 Å². The number of methoxy groups -OCH3 is 1. The molecule has 4 nitrogen and oxygen atoms in total. The van der Waals surface area contributed by atoms with Gasteiger partial charge in [-0.1, -0.05) is 72.0 Å². The van der Waals surface area contributed by atoms with Gasteiger partial charge in [0, 0.05) is 5.56 Å². The van der Waals surface area contributed by atoms with Crippen LogP contribution in [0.25, 0.3) is 6.08 Å². The first kappa shape index (κ1) is 22.3. The summed E-state index contributed by atoms with van der Waals surface area (Å²) in [6, 6.07) is 19.0. The summed E-state index contributed by atoms with van der Waals surface area (Å²) in [5.41, 5.74) is 1.77. The minimum absolute atomic E-state index is 0.00215. The van der Waals surface area contributed by atoms with Crippen molar-refractivity contribution in [3.63, 3.8) is 0 Å². The summed E-state index contributed by atoms with van der Waals surface area (Å²) in [4.78, 5) is 14.9. The maximum atomic E-state index is 13.9. The molecule has 0 N–H and O–H groups in total. The molecule has 0 bridgehead atoms. The Morgan fingerprint density at radius 1 is 1.12 bits per heavy atom. The first-order chi connectivity index (χ1) is 15.5. The summed E-state index contributed by atoms with van der Waals surface area (Å²) in [7, 11) is 1.49. The number of hydrogen-bond donors (Lipinski definition) is 0. The van der Waals surface area contributed by atoms with Crippen molar-refractivity contribution in [1.29, 1.82) is 0 Å². The number of rotatable bonds is 6. The average molecular weight is 486 g/mol. The van der Waals surface area contributed by atoms with Gasteiger partial charge in [0.25, 0.3) is 5.91 Å². The molecule has 0 radical (unpaired) electrons. The van der Waals surface area contributed by atoms with Gasteiger partial charge in [-0.25, -0.2) is 4.39 Å². The summed E-state index contributed by atoms with van der Waals surface area (Å²) in [6.07, 6.45) is 1.71. The maximum Gasteiger partial charge on any atom is 0.270 e. The number of halogens is 2. The summed E-state index contributed by atoms with van der Waals surface area (Å²) in [5.74, 6) is 0.103. The largest absolute Gasteiger partial charge is 0.493 e. The lowest BCUT2D eigenvalue weighted by atomic mass is 10.1. The summed E-state index contributed by atoms with van der Waals surface area (Å²) >= 11 is 13.1. The van der Waals surface area contributed by atoms with Gasteiger partial charge in [-0.05, 0) is 42.0 Å². The van der Waals surface area contributed by atoms with E-state index in [0.29, 0.717) is 37.5 Å². The fraction of sp³-hybridized carbons (Fsp3) is 0.0833. The van der Waals surface area contributed by atoms with E-state index in [2.05, 4.69) is 0 Å². The Balaban J connectivity index is 1.59. The van der Waals surface area contributed by atoms with E-state index in [0.717, 1.165) is 0 Å². The quantitative estimate of drug-likeness (QED) is 0.295. The lowest BCUT2D eigenvalue weighted by Crippen LogP contribution is -2.27. The van der Waals surface area contributed by atoms with Crippen molar-refractivity contribution in [2.75, 3.05) is 12.0 Å². The molecule has 3 aromatic carbocycles. The first-order valence-corrected chi connectivity index (χ1v) is 11.1. The number of thiocarbonyl (C=S) groups is 1. The van der Waals surface area contributed by atoms with Crippen LogP contribution in [0.15, 0.2) is 71.6 Å². The van der Waals surface area contributed by atoms with Crippen LogP contribution < -0.4 is 14.4 Å². The van der Waals surface area contributed by atoms with Crippen molar-refractivity contribution < 1.29 is 18.7 Å². The molecule has 0 aromatic heterocycles. The van der Waals surface area contributed by atoms with Gasteiger partial charge in [-0.3, -0.25) is 9.69 Å². The van der Waals surface area contributed by atoms with E-state index in [9.17, 15) is 9.18 Å². The average Bonchev–Trinajstić information content (AvgIpc) is 3.07. The number of nitrogens with zero attached hydrogens (tertiary/aromatic N) is 1. The zero-order chi connectivity index (χ0) is 22.7. The van der Waals surface area contributed by atoms with Crippen LogP contribution in [-0.4, -0.2) is 17.3 Å². The van der Waals surface area contributed by atoms with E-state index >= 15 is 0 Å². The Hall–Kier alpha value is -2.87. The highest BCUT2D eigenvalue weighted by molar-refractivity contribution is 8.27. The molecule has 1 fully saturated rings. The highest BCUT2D eigenvalue weighted by atomic mass is 35.5. The number of carbonyl (C=O) groups is 1. The Bertz CT molecular complexity index is 1220. The van der Waals surface area contributed by atoms with Crippen LogP contribution in [0.4, 0.5) is 10.1 Å². The Morgan fingerprint density at radius 2 is 1.84 bits per heavy atom. The van der Waals surface area contributed by atoms with Crippen LogP contribution in [0.5, 0.6) is 11.5 Å². The van der Waals surface area contributed by atoms with Gasteiger partial charge in [0.1, 0.15) is 12.4 Å². The molecule has 32 heavy (non-hydrogen) atoms. The summed E-state index contributed by atoms with van der Waals surface area (Å²) < 4.78 is 25.5. The molecule has 162 valence electrons. The lowest BCUT2D eigenvalue weighted by molar-refractivity contribution is -0.113. The van der Waals surface area contributed by atoms with Gasteiger partial charge in [0.2, 0.25) is 0 Å². The third-order valence-electron chi connectivity index (χ3n) is 4.69. The van der Waals surface area contributed by atoms with Crippen LogP contribution >= 0.6 is 35.6 Å². The monoisotopic (exact) mass is 485 g/mol. The molecule has 1 amide bonds. The van der Waals surface area contributed by atoms with E-state index in [4.69, 9.17) is 33.3 Å². The highest BCUT2D eigenvalue weighted by Gasteiger charge is 2.33. The first-order valence-electron chi connectivity index (χ1n) is 9.54. The minimum atomic E-state index is -0.361. The van der Waals surface area contributed by atoms with Crippen LogP contribution in [0.2, 0.25) is 5.02 Å². The zero-order valence-electron chi connectivity index (χ0n) is 16.9. The number of carbonyl (C=O) groups excluding carboxylic acids is 1. The van der Waals surface area contributed by atoms with E-state index in [-0.39, 0.29) is 23.4 Å². The van der Waals surface area contributed by atoms with E-state index in [1.807, 2.05) is 30.3 Å². The molecule has 3 aromatic rings. The van der Waals surface area contributed by atoms with E-state index in [1.54, 1.807) is 36.4 Å². The smallest absolute Gasteiger partial charge is 0.270 e. The normalized spacial score (nSPS) is 14.8. The van der Waals surface area contributed by atoms with Gasteiger partial charge in [0.05, 0.1) is 22.7 Å². The van der Waals surface area contributed by atoms with E-state index < -0.39 is 0 Å². The molecule has 1 aliphatic rings. The molecule has 0 aliphatic carbocycles. The number of hydrogen-bond acceptors (Lipinski definition) is 5. The molecule has 8 heteroatoms. The Morgan fingerprint density at radius 3 is 2.56 bits per heavy atom. The predicted octanol–water partition coefficient (Wildman–Crippen LogP) is 6.47. The van der Waals surface area contributed by atoms with Gasteiger partial charge in [-0.2, -0.15) is 0 Å². The van der Waals surface area contributed by atoms with Gasteiger partial charge < -0.3 is 9.47 Å². The fourth-order valence-corrected chi connectivity index (χ4v) is 4.72. The molecule has 0 atom stereocenters. The van der Waals surface area contributed by atoms with Gasteiger partial charge in [0.15, 0.2) is 15.8 Å². The Kier molecular flexibility index (Phi) is 6.79. The maximum absolute atomic E-state index is 13.9. The topological polar surface area (TPSA) is 38.8 Å². The van der Waals surface area contributed by atoms with Crippen molar-refractivity contribution in [3.05, 3.63) is 93.6 Å². The molecule has 1 heterocycles. The molecular formula is C24H17ClFNO3S2. The molecule has 4 rings (SSSR count). The Labute approximate surface area is 199 Å². The number of anilines is 1. The van der Waals surface area contributed by atoms with Crippen molar-refractivity contribution >= 4 is 57.6 Å². The number of amides is 1. The number of thioether (sulfide) groups is 1. The second-order valence-electron chi connectivity index (χ2n) is 6.77. The minimum Gasteiger partial charge on any atom is -0.493 e. The molecule has 0 unspecified atom stereocenters. The molecule has 1 aliphatic heterocycles. The lowest BCUT2D eigenvalue weighted by Gasteiger charge is -2.14. The van der Waals surface area contributed by atoms with Crippen LogP contribution in [0, 0.1) is 5.82 Å². The van der Waals surface area contributed by atoms with Crippen LogP contribution in [-0.2, 0) is 11.4 Å². The third kappa shape index (κ3) is 4.65. The van der Waals surface area contributed by atoms with Gasteiger partial charge in [-0.15, -0.1) is 0 Å². The second kappa shape index (κ2) is 9.73. The predicted molar refractivity (Wildman–Crippen MR) is 131 cm³/mol.